The first-order valence-corrected chi connectivity index (χ1v) is 8.01. The van der Waals surface area contributed by atoms with E-state index in [2.05, 4.69) is 20.2 Å². The normalized spacial score (nSPS) is 18.4. The number of hydrogen-bond acceptors (Lipinski definition) is 6. The van der Waals surface area contributed by atoms with Crippen LogP contribution in [0.15, 0.2) is 6.33 Å². The second-order valence-electron chi connectivity index (χ2n) is 5.81. The van der Waals surface area contributed by atoms with E-state index in [1.54, 1.807) is 7.05 Å². The molecule has 1 aliphatic rings. The minimum absolute atomic E-state index is 0.0660. The van der Waals surface area contributed by atoms with Gasteiger partial charge in [0.2, 0.25) is 0 Å². The molecule has 6 nitrogen and oxygen atoms in total. The fourth-order valence-corrected chi connectivity index (χ4v) is 3.00. The van der Waals surface area contributed by atoms with Gasteiger partial charge in [-0.1, -0.05) is 11.6 Å². The van der Waals surface area contributed by atoms with Crippen LogP contribution in [0.1, 0.15) is 33.1 Å². The predicted molar refractivity (Wildman–Crippen MR) is 87.4 cm³/mol. The summed E-state index contributed by atoms with van der Waals surface area (Å²) in [7, 11) is 1.80. The van der Waals surface area contributed by atoms with E-state index in [1.165, 1.54) is 6.33 Å². The molecule has 1 aromatic heterocycles. The molecule has 0 spiro atoms. The standard InChI is InChI=1S/C15H23ClN4O2/c1-10(2)22-12(21)7-11-5-4-6-20(8-11)15-13(17-3)14(16)18-9-19-15/h9-11,17H,4-8H2,1-3H3. The van der Waals surface area contributed by atoms with E-state index >= 15 is 0 Å². The maximum atomic E-state index is 11.8. The van der Waals surface area contributed by atoms with Gasteiger partial charge < -0.3 is 15.0 Å². The van der Waals surface area contributed by atoms with Crippen LogP contribution < -0.4 is 10.2 Å². The molecule has 1 saturated heterocycles. The molecule has 1 aliphatic heterocycles. The summed E-state index contributed by atoms with van der Waals surface area (Å²) in [4.78, 5) is 22.3. The molecule has 0 aromatic carbocycles. The van der Waals surface area contributed by atoms with Crippen molar-refractivity contribution in [1.82, 2.24) is 9.97 Å². The predicted octanol–water partition coefficient (Wildman–Crippen LogP) is 2.73. The number of piperidine rings is 1. The highest BCUT2D eigenvalue weighted by molar-refractivity contribution is 6.32. The Balaban J connectivity index is 2.05. The van der Waals surface area contributed by atoms with Gasteiger partial charge in [0.1, 0.15) is 12.0 Å². The van der Waals surface area contributed by atoms with Crippen molar-refractivity contribution in [3.05, 3.63) is 11.5 Å². The highest BCUT2D eigenvalue weighted by Gasteiger charge is 2.26. The highest BCUT2D eigenvalue weighted by atomic mass is 35.5. The molecule has 0 saturated carbocycles. The number of esters is 1. The van der Waals surface area contributed by atoms with Crippen LogP contribution in [0.2, 0.25) is 5.15 Å². The zero-order chi connectivity index (χ0) is 16.1. The lowest BCUT2D eigenvalue weighted by molar-refractivity contribution is -0.148. The van der Waals surface area contributed by atoms with Gasteiger partial charge in [-0.05, 0) is 32.6 Å². The first kappa shape index (κ1) is 16.8. The topological polar surface area (TPSA) is 67.4 Å². The lowest BCUT2D eigenvalue weighted by atomic mass is 9.95. The Morgan fingerprint density at radius 2 is 2.32 bits per heavy atom. The molecular weight excluding hydrogens is 304 g/mol. The van der Waals surface area contributed by atoms with E-state index in [9.17, 15) is 4.79 Å². The first-order valence-electron chi connectivity index (χ1n) is 7.64. The summed E-state index contributed by atoms with van der Waals surface area (Å²) in [6.07, 6.45) is 3.89. The van der Waals surface area contributed by atoms with E-state index in [1.807, 2.05) is 13.8 Å². The summed E-state index contributed by atoms with van der Waals surface area (Å²) >= 11 is 6.11. The third-order valence-corrected chi connectivity index (χ3v) is 3.96. The second-order valence-corrected chi connectivity index (χ2v) is 6.17. The number of aromatic nitrogens is 2. The maximum Gasteiger partial charge on any atom is 0.306 e. The second kappa shape index (κ2) is 7.63. The zero-order valence-corrected chi connectivity index (χ0v) is 14.1. The molecule has 0 radical (unpaired) electrons. The van der Waals surface area contributed by atoms with Crippen molar-refractivity contribution in [1.29, 1.82) is 0 Å². The highest BCUT2D eigenvalue weighted by Crippen LogP contribution is 2.32. The van der Waals surface area contributed by atoms with Gasteiger partial charge in [-0.15, -0.1) is 0 Å². The molecule has 122 valence electrons. The van der Waals surface area contributed by atoms with Crippen LogP contribution in [-0.4, -0.2) is 42.2 Å². The summed E-state index contributed by atoms with van der Waals surface area (Å²) in [5.74, 6) is 0.944. The molecule has 1 atom stereocenters. The third-order valence-electron chi connectivity index (χ3n) is 3.67. The Labute approximate surface area is 136 Å². The number of nitrogens with zero attached hydrogens (tertiary/aromatic N) is 3. The van der Waals surface area contributed by atoms with Gasteiger partial charge >= 0.3 is 5.97 Å². The minimum Gasteiger partial charge on any atom is -0.463 e. The molecule has 0 bridgehead atoms. The largest absolute Gasteiger partial charge is 0.463 e. The van der Waals surface area contributed by atoms with Gasteiger partial charge in [0.05, 0.1) is 12.5 Å². The summed E-state index contributed by atoms with van der Waals surface area (Å²) in [6.45, 7) is 5.41. The quantitative estimate of drug-likeness (QED) is 0.663. The lowest BCUT2D eigenvalue weighted by Gasteiger charge is -2.34. The van der Waals surface area contributed by atoms with Gasteiger partial charge in [0.15, 0.2) is 11.0 Å². The average molecular weight is 327 g/mol. The number of nitrogens with one attached hydrogen (secondary N) is 1. The molecule has 1 unspecified atom stereocenters. The molecule has 2 heterocycles. The molecule has 0 aliphatic carbocycles. The van der Waals surface area contributed by atoms with Gasteiger partial charge in [0, 0.05) is 20.1 Å². The lowest BCUT2D eigenvalue weighted by Crippen LogP contribution is -2.37. The van der Waals surface area contributed by atoms with E-state index in [0.29, 0.717) is 11.6 Å². The Morgan fingerprint density at radius 1 is 1.55 bits per heavy atom. The van der Waals surface area contributed by atoms with Gasteiger partial charge in [-0.3, -0.25) is 4.79 Å². The van der Waals surface area contributed by atoms with Crippen molar-refractivity contribution in [3.8, 4) is 0 Å². The summed E-state index contributed by atoms with van der Waals surface area (Å²) in [6, 6.07) is 0. The maximum absolute atomic E-state index is 11.8. The van der Waals surface area contributed by atoms with E-state index in [4.69, 9.17) is 16.3 Å². The van der Waals surface area contributed by atoms with Crippen molar-refractivity contribution in [2.24, 2.45) is 5.92 Å². The Morgan fingerprint density at radius 3 is 3.00 bits per heavy atom. The number of halogens is 1. The van der Waals surface area contributed by atoms with Crippen LogP contribution in [0.5, 0.6) is 0 Å². The van der Waals surface area contributed by atoms with Crippen molar-refractivity contribution in [2.45, 2.75) is 39.2 Å². The first-order chi connectivity index (χ1) is 10.5. The van der Waals surface area contributed by atoms with E-state index in [0.717, 1.165) is 37.4 Å². The fourth-order valence-electron chi connectivity index (χ4n) is 2.78. The third kappa shape index (κ3) is 4.22. The zero-order valence-electron chi connectivity index (χ0n) is 13.3. The molecule has 1 fully saturated rings. The van der Waals surface area contributed by atoms with Gasteiger partial charge in [-0.25, -0.2) is 9.97 Å². The molecular formula is C15H23ClN4O2. The smallest absolute Gasteiger partial charge is 0.306 e. The number of ether oxygens (including phenoxy) is 1. The van der Waals surface area contributed by atoms with E-state index < -0.39 is 0 Å². The van der Waals surface area contributed by atoms with Crippen molar-refractivity contribution in [3.63, 3.8) is 0 Å². The van der Waals surface area contributed by atoms with Crippen LogP contribution >= 0.6 is 11.6 Å². The molecule has 2 rings (SSSR count). The summed E-state index contributed by atoms with van der Waals surface area (Å²) in [5.41, 5.74) is 0.731. The Kier molecular flexibility index (Phi) is 5.83. The van der Waals surface area contributed by atoms with Gasteiger partial charge in [0.25, 0.3) is 0 Å². The van der Waals surface area contributed by atoms with Crippen LogP contribution in [0.4, 0.5) is 11.5 Å². The van der Waals surface area contributed by atoms with Crippen molar-refractivity contribution in [2.75, 3.05) is 30.4 Å². The molecule has 0 amide bonds. The number of rotatable bonds is 5. The minimum atomic E-state index is -0.128. The molecule has 1 aromatic rings. The summed E-state index contributed by atoms with van der Waals surface area (Å²) in [5, 5.41) is 3.46. The molecule has 1 N–H and O–H groups in total. The number of hydrogen-bond donors (Lipinski definition) is 1. The summed E-state index contributed by atoms with van der Waals surface area (Å²) < 4.78 is 5.24. The van der Waals surface area contributed by atoms with Crippen LogP contribution in [0.25, 0.3) is 0 Å². The fraction of sp³-hybridized carbons (Fsp3) is 0.667. The van der Waals surface area contributed by atoms with Gasteiger partial charge in [-0.2, -0.15) is 0 Å². The van der Waals surface area contributed by atoms with E-state index in [-0.39, 0.29) is 18.0 Å². The monoisotopic (exact) mass is 326 g/mol. The number of anilines is 2. The van der Waals surface area contributed by atoms with Crippen LogP contribution in [0.3, 0.4) is 0 Å². The van der Waals surface area contributed by atoms with Crippen LogP contribution in [0, 0.1) is 5.92 Å². The van der Waals surface area contributed by atoms with Crippen molar-refractivity contribution < 1.29 is 9.53 Å². The Bertz CT molecular complexity index is 524. The number of carbonyl (C=O) groups excluding carboxylic acids is 1. The Hall–Kier alpha value is -1.56. The number of carbonyl (C=O) groups is 1. The van der Waals surface area contributed by atoms with Crippen LogP contribution in [-0.2, 0) is 9.53 Å². The SMILES string of the molecule is CNc1c(Cl)ncnc1N1CCCC(CC(=O)OC(C)C)C1. The van der Waals surface area contributed by atoms with Crippen molar-refractivity contribution >= 4 is 29.1 Å². The molecule has 22 heavy (non-hydrogen) atoms. The average Bonchev–Trinajstić information content (AvgIpc) is 2.46. The molecule has 7 heteroatoms.